The van der Waals surface area contributed by atoms with Crippen molar-refractivity contribution in [2.75, 3.05) is 0 Å². The summed E-state index contributed by atoms with van der Waals surface area (Å²) in [6, 6.07) is 7.42. The van der Waals surface area contributed by atoms with Gasteiger partial charge in [0, 0.05) is 4.88 Å². The summed E-state index contributed by atoms with van der Waals surface area (Å²) in [7, 11) is 0. The molecule has 0 unspecified atom stereocenters. The zero-order valence-corrected chi connectivity index (χ0v) is 16.2. The summed E-state index contributed by atoms with van der Waals surface area (Å²) in [6.45, 7) is 2.00. The first kappa shape index (κ1) is 17.1. The molecule has 0 bridgehead atoms. The number of aromatic nitrogens is 4. The van der Waals surface area contributed by atoms with E-state index in [1.165, 1.54) is 23.3 Å². The normalized spacial score (nSPS) is 13.5. The minimum absolute atomic E-state index is 0.231. The number of hydrogen-bond acceptors (Lipinski definition) is 8. The number of thiophene rings is 1. The Balaban J connectivity index is 1.34. The Morgan fingerprint density at radius 2 is 1.89 bits per heavy atom. The summed E-state index contributed by atoms with van der Waals surface area (Å²) < 4.78 is 16.8. The van der Waals surface area contributed by atoms with Crippen molar-refractivity contribution in [1.82, 2.24) is 20.1 Å². The molecule has 7 nitrogen and oxygen atoms in total. The fourth-order valence-electron chi connectivity index (χ4n) is 3.40. The van der Waals surface area contributed by atoms with E-state index in [0.717, 1.165) is 23.1 Å². The lowest BCUT2D eigenvalue weighted by atomic mass is 9.97. The first-order chi connectivity index (χ1) is 13.8. The van der Waals surface area contributed by atoms with Gasteiger partial charge in [-0.05, 0) is 62.4 Å². The van der Waals surface area contributed by atoms with Crippen LogP contribution in [0.15, 0.2) is 35.1 Å². The van der Waals surface area contributed by atoms with Crippen molar-refractivity contribution in [1.29, 1.82) is 0 Å². The molecule has 0 N–H and O–H groups in total. The maximum absolute atomic E-state index is 6.10. The highest BCUT2D eigenvalue weighted by Gasteiger charge is 2.20. The Morgan fingerprint density at radius 1 is 1.07 bits per heavy atom. The van der Waals surface area contributed by atoms with Crippen LogP contribution in [0.1, 0.15) is 35.0 Å². The average molecular weight is 394 g/mol. The molecular weight excluding hydrogens is 376 g/mol. The molecule has 3 heterocycles. The second-order valence-electron chi connectivity index (χ2n) is 6.67. The van der Waals surface area contributed by atoms with Crippen LogP contribution in [0.4, 0.5) is 0 Å². The molecule has 0 saturated heterocycles. The molecular formula is C20H18N4O3S. The fourth-order valence-corrected chi connectivity index (χ4v) is 4.62. The Kier molecular flexibility index (Phi) is 4.40. The molecule has 142 valence electrons. The number of aryl methyl sites for hydroxylation is 3. The van der Waals surface area contributed by atoms with Crippen molar-refractivity contribution in [2.24, 2.45) is 0 Å². The lowest BCUT2D eigenvalue weighted by Gasteiger charge is -2.12. The Bertz CT molecular complexity index is 1120. The highest BCUT2D eigenvalue weighted by Crippen LogP contribution is 2.40. The molecule has 0 fully saturated rings. The smallest absolute Gasteiger partial charge is 0.264 e. The van der Waals surface area contributed by atoms with Gasteiger partial charge in [-0.3, -0.25) is 0 Å². The average Bonchev–Trinajstić information content (AvgIpc) is 3.31. The number of ether oxygens (including phenoxy) is 2. The van der Waals surface area contributed by atoms with Crippen LogP contribution in [0, 0.1) is 6.92 Å². The van der Waals surface area contributed by atoms with E-state index < -0.39 is 0 Å². The van der Waals surface area contributed by atoms with Gasteiger partial charge in [0.1, 0.15) is 22.7 Å². The summed E-state index contributed by atoms with van der Waals surface area (Å²) in [5.74, 6) is 3.07. The van der Waals surface area contributed by atoms with Gasteiger partial charge in [-0.25, -0.2) is 9.97 Å². The number of fused-ring (bicyclic) bond motifs is 3. The van der Waals surface area contributed by atoms with Gasteiger partial charge in [-0.1, -0.05) is 5.16 Å². The van der Waals surface area contributed by atoms with Crippen LogP contribution >= 0.6 is 11.3 Å². The van der Waals surface area contributed by atoms with E-state index in [1.807, 2.05) is 24.3 Å². The Morgan fingerprint density at radius 3 is 2.71 bits per heavy atom. The largest absolute Gasteiger partial charge is 0.484 e. The number of hydrogen-bond donors (Lipinski definition) is 0. The van der Waals surface area contributed by atoms with Crippen LogP contribution in [0.5, 0.6) is 17.4 Å². The highest BCUT2D eigenvalue weighted by molar-refractivity contribution is 7.18. The maximum atomic E-state index is 6.10. The minimum atomic E-state index is 0.231. The van der Waals surface area contributed by atoms with E-state index in [9.17, 15) is 0 Å². The number of rotatable bonds is 5. The van der Waals surface area contributed by atoms with Crippen molar-refractivity contribution in [3.05, 3.63) is 52.7 Å². The van der Waals surface area contributed by atoms with Gasteiger partial charge in [0.25, 0.3) is 5.89 Å². The van der Waals surface area contributed by atoms with E-state index in [4.69, 9.17) is 14.0 Å². The van der Waals surface area contributed by atoms with Gasteiger partial charge >= 0.3 is 0 Å². The summed E-state index contributed by atoms with van der Waals surface area (Å²) in [5, 5.41) is 4.81. The monoisotopic (exact) mass is 394 g/mol. The zero-order valence-electron chi connectivity index (χ0n) is 15.3. The molecule has 0 aliphatic heterocycles. The van der Waals surface area contributed by atoms with Gasteiger partial charge < -0.3 is 14.0 Å². The van der Waals surface area contributed by atoms with Crippen LogP contribution < -0.4 is 9.47 Å². The van der Waals surface area contributed by atoms with E-state index in [2.05, 4.69) is 20.1 Å². The van der Waals surface area contributed by atoms with Crippen molar-refractivity contribution < 1.29 is 14.0 Å². The molecule has 5 rings (SSSR count). The third-order valence-corrected chi connectivity index (χ3v) is 5.89. The van der Waals surface area contributed by atoms with E-state index in [-0.39, 0.29) is 6.61 Å². The number of benzene rings is 1. The molecule has 1 aromatic carbocycles. The molecule has 0 amide bonds. The number of nitrogens with zero attached hydrogens (tertiary/aromatic N) is 4. The predicted octanol–water partition coefficient (Wildman–Crippen LogP) is 4.63. The zero-order chi connectivity index (χ0) is 18.9. The molecule has 4 aromatic rings. The SMILES string of the molecule is Cc1noc(COc2ccc(Oc3ncnc4sc5c(c34)CCCC5)cc2)n1. The fraction of sp³-hybridized carbons (Fsp3) is 0.300. The van der Waals surface area contributed by atoms with E-state index in [1.54, 1.807) is 24.6 Å². The first-order valence-corrected chi connectivity index (χ1v) is 10.0. The van der Waals surface area contributed by atoms with Crippen LogP contribution in [-0.2, 0) is 19.4 Å². The van der Waals surface area contributed by atoms with Crippen molar-refractivity contribution >= 4 is 21.6 Å². The van der Waals surface area contributed by atoms with Crippen LogP contribution in [0.25, 0.3) is 10.2 Å². The van der Waals surface area contributed by atoms with Gasteiger partial charge in [0.2, 0.25) is 5.88 Å². The summed E-state index contributed by atoms with van der Waals surface area (Å²) in [4.78, 5) is 15.4. The molecule has 8 heteroatoms. The second kappa shape index (κ2) is 7.20. The quantitative estimate of drug-likeness (QED) is 0.488. The highest BCUT2D eigenvalue weighted by atomic mass is 32.1. The van der Waals surface area contributed by atoms with Gasteiger partial charge in [-0.2, -0.15) is 4.98 Å². The summed E-state index contributed by atoms with van der Waals surface area (Å²) in [6.07, 6.45) is 6.22. The maximum Gasteiger partial charge on any atom is 0.264 e. The summed E-state index contributed by atoms with van der Waals surface area (Å²) >= 11 is 1.76. The topological polar surface area (TPSA) is 83.2 Å². The summed E-state index contributed by atoms with van der Waals surface area (Å²) in [5.41, 5.74) is 1.36. The van der Waals surface area contributed by atoms with Crippen LogP contribution in [0.3, 0.4) is 0 Å². The third-order valence-electron chi connectivity index (χ3n) is 4.69. The van der Waals surface area contributed by atoms with E-state index >= 15 is 0 Å². The molecule has 0 saturated carbocycles. The molecule has 0 spiro atoms. The Hall–Kier alpha value is -3.00. The van der Waals surface area contributed by atoms with Crippen LogP contribution in [-0.4, -0.2) is 20.1 Å². The predicted molar refractivity (Wildman–Crippen MR) is 104 cm³/mol. The first-order valence-electron chi connectivity index (χ1n) is 9.21. The standard InChI is InChI=1S/C20H18N4O3S/c1-12-23-17(27-24-12)10-25-13-6-8-14(9-7-13)26-19-18-15-4-2-3-5-16(15)28-20(18)22-11-21-19/h6-9,11H,2-5,10H2,1H3. The lowest BCUT2D eigenvalue weighted by molar-refractivity contribution is 0.242. The van der Waals surface area contributed by atoms with Gasteiger partial charge in [-0.15, -0.1) is 11.3 Å². The molecule has 1 aliphatic rings. The molecule has 28 heavy (non-hydrogen) atoms. The van der Waals surface area contributed by atoms with Crippen molar-refractivity contribution in [3.8, 4) is 17.4 Å². The molecule has 0 atom stereocenters. The van der Waals surface area contributed by atoms with Crippen LogP contribution in [0.2, 0.25) is 0 Å². The van der Waals surface area contributed by atoms with Crippen molar-refractivity contribution in [3.63, 3.8) is 0 Å². The van der Waals surface area contributed by atoms with E-state index in [0.29, 0.717) is 29.1 Å². The second-order valence-corrected chi connectivity index (χ2v) is 7.75. The molecule has 0 radical (unpaired) electrons. The van der Waals surface area contributed by atoms with Crippen molar-refractivity contribution in [2.45, 2.75) is 39.2 Å². The van der Waals surface area contributed by atoms with Gasteiger partial charge in [0.05, 0.1) is 5.39 Å². The van der Waals surface area contributed by atoms with Gasteiger partial charge in [0.15, 0.2) is 12.4 Å². The Labute approximate surface area is 165 Å². The third kappa shape index (κ3) is 3.31. The molecule has 3 aromatic heterocycles. The minimum Gasteiger partial charge on any atom is -0.484 e. The lowest BCUT2D eigenvalue weighted by Crippen LogP contribution is -1.99. The molecule has 1 aliphatic carbocycles.